The maximum atomic E-state index is 6.36. The Morgan fingerprint density at radius 3 is 2.47 bits per heavy atom. The van der Waals surface area contributed by atoms with Crippen LogP contribution in [0.1, 0.15) is 46.0 Å². The van der Waals surface area contributed by atoms with Crippen LogP contribution in [0.5, 0.6) is 0 Å². The molecule has 0 spiro atoms. The molecule has 2 heteroatoms. The van der Waals surface area contributed by atoms with Crippen molar-refractivity contribution in [2.24, 2.45) is 11.8 Å². The van der Waals surface area contributed by atoms with E-state index in [0.29, 0.717) is 6.10 Å². The van der Waals surface area contributed by atoms with E-state index in [4.69, 9.17) is 4.43 Å². The fraction of sp³-hybridized carbons (Fsp3) is 1.00. The summed E-state index contributed by atoms with van der Waals surface area (Å²) in [5.41, 5.74) is 0.963. The predicted molar refractivity (Wildman–Crippen MR) is 67.5 cm³/mol. The largest absolute Gasteiger partial charge is 0.414 e. The first-order chi connectivity index (χ1) is 7.03. The van der Waals surface area contributed by atoms with Gasteiger partial charge >= 0.3 is 0 Å². The fourth-order valence-corrected chi connectivity index (χ4v) is 7.50. The molecule has 15 heavy (non-hydrogen) atoms. The minimum atomic E-state index is -1.41. The van der Waals surface area contributed by atoms with E-state index in [0.717, 1.165) is 23.8 Å². The highest BCUT2D eigenvalue weighted by molar-refractivity contribution is 6.72. The molecule has 4 unspecified atom stereocenters. The zero-order valence-electron chi connectivity index (χ0n) is 10.8. The highest BCUT2D eigenvalue weighted by Crippen LogP contribution is 2.55. The number of rotatable bonds is 4. The summed E-state index contributed by atoms with van der Waals surface area (Å²) in [5, 5.41) is 0. The van der Waals surface area contributed by atoms with Crippen molar-refractivity contribution in [3.05, 3.63) is 0 Å². The van der Waals surface area contributed by atoms with Crippen molar-refractivity contribution < 1.29 is 4.43 Å². The first kappa shape index (κ1) is 11.7. The van der Waals surface area contributed by atoms with E-state index >= 15 is 0 Å². The van der Waals surface area contributed by atoms with Gasteiger partial charge in [0.25, 0.3) is 0 Å². The Labute approximate surface area is 95.7 Å². The molecule has 0 aliphatic heterocycles. The molecule has 0 aromatic heterocycles. The second-order valence-corrected chi connectivity index (χ2v) is 10.4. The molecule has 2 fully saturated rings. The van der Waals surface area contributed by atoms with Gasteiger partial charge in [0.05, 0.1) is 0 Å². The quantitative estimate of drug-likeness (QED) is 0.653. The van der Waals surface area contributed by atoms with Crippen LogP contribution in [-0.4, -0.2) is 14.4 Å². The fourth-order valence-electron chi connectivity index (χ4n) is 3.79. The molecule has 1 nitrogen and oxygen atoms in total. The standard InChI is InChI=1S/C13H26OSi/c1-5-10(2)14-15(3,4)13-9-11-6-7-12(13)8-11/h10-13H,5-9H2,1-4H3. The normalized spacial score (nSPS) is 37.2. The van der Waals surface area contributed by atoms with Gasteiger partial charge in [0, 0.05) is 6.10 Å². The van der Waals surface area contributed by atoms with Crippen LogP contribution in [0.3, 0.4) is 0 Å². The van der Waals surface area contributed by atoms with Crippen LogP contribution in [0, 0.1) is 11.8 Å². The number of fused-ring (bicyclic) bond motifs is 2. The zero-order valence-corrected chi connectivity index (χ0v) is 11.8. The molecule has 0 amide bonds. The Kier molecular flexibility index (Phi) is 3.27. The molecule has 0 saturated heterocycles. The van der Waals surface area contributed by atoms with Crippen molar-refractivity contribution in [2.45, 2.75) is 70.7 Å². The molecule has 2 aliphatic rings. The van der Waals surface area contributed by atoms with Gasteiger partial charge in [-0.3, -0.25) is 0 Å². The van der Waals surface area contributed by atoms with Crippen LogP contribution >= 0.6 is 0 Å². The predicted octanol–water partition coefficient (Wildman–Crippen LogP) is 4.20. The molecule has 4 atom stereocenters. The van der Waals surface area contributed by atoms with Crippen LogP contribution in [0.25, 0.3) is 0 Å². The molecule has 2 bridgehead atoms. The molecule has 2 rings (SSSR count). The maximum absolute atomic E-state index is 6.36. The van der Waals surface area contributed by atoms with Crippen LogP contribution in [0.4, 0.5) is 0 Å². The van der Waals surface area contributed by atoms with Gasteiger partial charge in [0.2, 0.25) is 0 Å². The summed E-state index contributed by atoms with van der Waals surface area (Å²) in [7, 11) is -1.41. The number of hydrogen-bond donors (Lipinski definition) is 0. The van der Waals surface area contributed by atoms with E-state index in [-0.39, 0.29) is 0 Å². The molecule has 0 N–H and O–H groups in total. The van der Waals surface area contributed by atoms with Crippen molar-refractivity contribution in [3.8, 4) is 0 Å². The van der Waals surface area contributed by atoms with Gasteiger partial charge in [-0.15, -0.1) is 0 Å². The van der Waals surface area contributed by atoms with Gasteiger partial charge in [-0.1, -0.05) is 19.8 Å². The average Bonchev–Trinajstić information content (AvgIpc) is 2.77. The van der Waals surface area contributed by atoms with Crippen molar-refractivity contribution in [1.29, 1.82) is 0 Å². The molecule has 0 aromatic rings. The highest BCUT2D eigenvalue weighted by Gasteiger charge is 2.48. The lowest BCUT2D eigenvalue weighted by atomic mass is 10.0. The second-order valence-electron chi connectivity index (χ2n) is 6.22. The lowest BCUT2D eigenvalue weighted by Crippen LogP contribution is -2.41. The van der Waals surface area contributed by atoms with Gasteiger partial charge in [-0.25, -0.2) is 0 Å². The van der Waals surface area contributed by atoms with E-state index in [1.807, 2.05) is 0 Å². The summed E-state index contributed by atoms with van der Waals surface area (Å²) in [6, 6.07) is 0. The summed E-state index contributed by atoms with van der Waals surface area (Å²) in [4.78, 5) is 0. The summed E-state index contributed by atoms with van der Waals surface area (Å²) in [6.07, 6.45) is 7.65. The first-order valence-electron chi connectivity index (χ1n) is 6.70. The molecule has 0 radical (unpaired) electrons. The first-order valence-corrected chi connectivity index (χ1v) is 9.69. The molecule has 2 aliphatic carbocycles. The Morgan fingerprint density at radius 2 is 2.00 bits per heavy atom. The molecular formula is C13H26OSi. The van der Waals surface area contributed by atoms with Crippen molar-refractivity contribution >= 4 is 8.32 Å². The second kappa shape index (κ2) is 4.21. The van der Waals surface area contributed by atoms with Gasteiger partial charge in [-0.2, -0.15) is 0 Å². The van der Waals surface area contributed by atoms with E-state index in [1.54, 1.807) is 0 Å². The van der Waals surface area contributed by atoms with E-state index in [9.17, 15) is 0 Å². The lowest BCUT2D eigenvalue weighted by molar-refractivity contribution is 0.195. The molecular weight excluding hydrogens is 200 g/mol. The van der Waals surface area contributed by atoms with Crippen LogP contribution < -0.4 is 0 Å². The van der Waals surface area contributed by atoms with Gasteiger partial charge in [0.15, 0.2) is 8.32 Å². The monoisotopic (exact) mass is 226 g/mol. The van der Waals surface area contributed by atoms with E-state index < -0.39 is 8.32 Å². The van der Waals surface area contributed by atoms with Crippen LogP contribution in [-0.2, 0) is 4.43 Å². The molecule has 2 saturated carbocycles. The maximum Gasteiger partial charge on any atom is 0.190 e. The summed E-state index contributed by atoms with van der Waals surface area (Å²) in [5.74, 6) is 2.09. The topological polar surface area (TPSA) is 9.23 Å². The summed E-state index contributed by atoms with van der Waals surface area (Å²) < 4.78 is 6.36. The number of hydrogen-bond acceptors (Lipinski definition) is 1. The summed E-state index contributed by atoms with van der Waals surface area (Å²) in [6.45, 7) is 9.37. The minimum absolute atomic E-state index is 0.478. The van der Waals surface area contributed by atoms with Crippen LogP contribution in [0.15, 0.2) is 0 Å². The van der Waals surface area contributed by atoms with Crippen LogP contribution in [0.2, 0.25) is 18.6 Å². The third-order valence-electron chi connectivity index (χ3n) is 4.71. The van der Waals surface area contributed by atoms with E-state index in [1.165, 1.54) is 25.7 Å². The van der Waals surface area contributed by atoms with Crippen molar-refractivity contribution in [1.82, 2.24) is 0 Å². The highest BCUT2D eigenvalue weighted by atomic mass is 28.4. The molecule has 0 aromatic carbocycles. The SMILES string of the molecule is CCC(C)O[Si](C)(C)C1CC2CCC1C2. The van der Waals surface area contributed by atoms with Crippen molar-refractivity contribution in [3.63, 3.8) is 0 Å². The molecule has 0 heterocycles. The Balaban J connectivity index is 1.96. The third kappa shape index (κ3) is 2.31. The van der Waals surface area contributed by atoms with Gasteiger partial charge in [-0.05, 0) is 56.7 Å². The zero-order chi connectivity index (χ0) is 11.1. The lowest BCUT2D eigenvalue weighted by Gasteiger charge is -2.37. The average molecular weight is 226 g/mol. The van der Waals surface area contributed by atoms with Gasteiger partial charge in [0.1, 0.15) is 0 Å². The third-order valence-corrected chi connectivity index (χ3v) is 8.21. The smallest absolute Gasteiger partial charge is 0.190 e. The van der Waals surface area contributed by atoms with Crippen molar-refractivity contribution in [2.75, 3.05) is 0 Å². The summed E-state index contributed by atoms with van der Waals surface area (Å²) >= 11 is 0. The molecule has 88 valence electrons. The Morgan fingerprint density at radius 1 is 1.27 bits per heavy atom. The Bertz CT molecular complexity index is 227. The Hall–Kier alpha value is 0.177. The minimum Gasteiger partial charge on any atom is -0.414 e. The van der Waals surface area contributed by atoms with Gasteiger partial charge < -0.3 is 4.43 Å². The van der Waals surface area contributed by atoms with E-state index in [2.05, 4.69) is 26.9 Å².